The van der Waals surface area contributed by atoms with Crippen LogP contribution in [0.4, 0.5) is 0 Å². The Morgan fingerprint density at radius 3 is 2.92 bits per heavy atom. The fourth-order valence-electron chi connectivity index (χ4n) is 0.792. The highest BCUT2D eigenvalue weighted by atomic mass is 16.4. The minimum absolute atomic E-state index is 0.388. The molecular formula is C7H8N2O3. The predicted octanol–water partition coefficient (Wildman–Crippen LogP) is -0.364. The molecule has 0 saturated heterocycles. The van der Waals surface area contributed by atoms with Crippen LogP contribution in [0.15, 0.2) is 16.9 Å². The third kappa shape index (κ3) is 1.91. The summed E-state index contributed by atoms with van der Waals surface area (Å²) < 4.78 is 0.914. The molecule has 0 aliphatic carbocycles. The second kappa shape index (κ2) is 3.17. The second-order valence-electron chi connectivity index (χ2n) is 2.36. The molecule has 1 N–H and O–H groups in total. The molecule has 0 bridgehead atoms. The highest BCUT2D eigenvalue weighted by Gasteiger charge is 2.01. The van der Waals surface area contributed by atoms with E-state index in [2.05, 4.69) is 5.10 Å². The standard InChI is InChI=1S/C7H8N2O3/c1-5-2-3-6(10)9(8-5)4-7(11)12/h2-3H,4H2,1H3,(H,11,12). The van der Waals surface area contributed by atoms with E-state index in [-0.39, 0.29) is 6.54 Å². The first kappa shape index (κ1) is 8.45. The van der Waals surface area contributed by atoms with Gasteiger partial charge in [-0.3, -0.25) is 9.59 Å². The van der Waals surface area contributed by atoms with Crippen LogP contribution in [-0.2, 0) is 11.3 Å². The highest BCUT2D eigenvalue weighted by Crippen LogP contribution is 1.85. The first-order chi connectivity index (χ1) is 5.59. The van der Waals surface area contributed by atoms with Crippen LogP contribution in [0.2, 0.25) is 0 Å². The molecule has 0 atom stereocenters. The van der Waals surface area contributed by atoms with Crippen LogP contribution in [0.3, 0.4) is 0 Å². The van der Waals surface area contributed by atoms with Gasteiger partial charge in [0.1, 0.15) is 6.54 Å². The van der Waals surface area contributed by atoms with E-state index >= 15 is 0 Å². The van der Waals surface area contributed by atoms with Gasteiger partial charge in [-0.05, 0) is 13.0 Å². The van der Waals surface area contributed by atoms with E-state index in [1.807, 2.05) is 0 Å². The Morgan fingerprint density at radius 2 is 2.33 bits per heavy atom. The van der Waals surface area contributed by atoms with Crippen molar-refractivity contribution in [2.45, 2.75) is 13.5 Å². The van der Waals surface area contributed by atoms with E-state index < -0.39 is 11.5 Å². The Balaban J connectivity index is 3.06. The molecule has 1 aromatic rings. The third-order valence-electron chi connectivity index (χ3n) is 1.28. The minimum atomic E-state index is -1.07. The summed E-state index contributed by atoms with van der Waals surface area (Å²) in [5.74, 6) is -1.07. The quantitative estimate of drug-likeness (QED) is 0.654. The summed E-state index contributed by atoms with van der Waals surface area (Å²) in [4.78, 5) is 21.2. The molecule has 5 nitrogen and oxygen atoms in total. The number of hydrogen-bond donors (Lipinski definition) is 1. The van der Waals surface area contributed by atoms with Gasteiger partial charge in [0.05, 0.1) is 5.69 Å². The molecule has 0 aliphatic rings. The second-order valence-corrected chi connectivity index (χ2v) is 2.36. The molecule has 0 aromatic carbocycles. The van der Waals surface area contributed by atoms with Gasteiger partial charge in [0.25, 0.3) is 5.56 Å². The van der Waals surface area contributed by atoms with E-state index in [0.717, 1.165) is 4.68 Å². The lowest BCUT2D eigenvalue weighted by molar-refractivity contribution is -0.138. The van der Waals surface area contributed by atoms with Crippen LogP contribution in [-0.4, -0.2) is 20.9 Å². The monoisotopic (exact) mass is 168 g/mol. The lowest BCUT2D eigenvalue weighted by Crippen LogP contribution is -2.26. The fourth-order valence-corrected chi connectivity index (χ4v) is 0.792. The maximum Gasteiger partial charge on any atom is 0.325 e. The van der Waals surface area contributed by atoms with Crippen molar-refractivity contribution in [3.05, 3.63) is 28.2 Å². The van der Waals surface area contributed by atoms with Crippen LogP contribution < -0.4 is 5.56 Å². The topological polar surface area (TPSA) is 72.2 Å². The number of hydrogen-bond acceptors (Lipinski definition) is 3. The number of carbonyl (C=O) groups is 1. The van der Waals surface area contributed by atoms with Crippen molar-refractivity contribution in [1.82, 2.24) is 9.78 Å². The molecule has 1 heterocycles. The van der Waals surface area contributed by atoms with Crippen molar-refractivity contribution in [2.75, 3.05) is 0 Å². The van der Waals surface area contributed by atoms with Crippen molar-refractivity contribution < 1.29 is 9.90 Å². The SMILES string of the molecule is Cc1ccc(=O)n(CC(=O)O)n1. The number of aliphatic carboxylic acids is 1. The normalized spacial score (nSPS) is 9.75. The summed E-state index contributed by atoms with van der Waals surface area (Å²) in [5, 5.41) is 12.1. The van der Waals surface area contributed by atoms with Crippen LogP contribution in [0.1, 0.15) is 5.69 Å². The van der Waals surface area contributed by atoms with Crippen LogP contribution in [0.5, 0.6) is 0 Å². The van der Waals surface area contributed by atoms with Crippen LogP contribution >= 0.6 is 0 Å². The molecule has 0 amide bonds. The Labute approximate surface area is 68.3 Å². The highest BCUT2D eigenvalue weighted by molar-refractivity contribution is 5.66. The van der Waals surface area contributed by atoms with Gasteiger partial charge in [0, 0.05) is 6.07 Å². The van der Waals surface area contributed by atoms with E-state index in [1.54, 1.807) is 13.0 Å². The summed E-state index contributed by atoms with van der Waals surface area (Å²) in [6.07, 6.45) is 0. The van der Waals surface area contributed by atoms with Crippen molar-refractivity contribution in [3.8, 4) is 0 Å². The number of carboxylic acids is 1. The van der Waals surface area contributed by atoms with Crippen molar-refractivity contribution >= 4 is 5.97 Å². The first-order valence-electron chi connectivity index (χ1n) is 3.36. The van der Waals surface area contributed by atoms with E-state index in [9.17, 15) is 9.59 Å². The summed E-state index contributed by atoms with van der Waals surface area (Å²) in [7, 11) is 0. The summed E-state index contributed by atoms with van der Waals surface area (Å²) >= 11 is 0. The molecule has 5 heteroatoms. The van der Waals surface area contributed by atoms with Gasteiger partial charge in [-0.25, -0.2) is 4.68 Å². The lowest BCUT2D eigenvalue weighted by Gasteiger charge is -1.99. The largest absolute Gasteiger partial charge is 0.480 e. The molecule has 0 radical (unpaired) electrons. The van der Waals surface area contributed by atoms with Gasteiger partial charge >= 0.3 is 5.97 Å². The minimum Gasteiger partial charge on any atom is -0.480 e. The number of aromatic nitrogens is 2. The zero-order chi connectivity index (χ0) is 9.14. The lowest BCUT2D eigenvalue weighted by atomic mass is 10.4. The average Bonchev–Trinajstić information content (AvgIpc) is 1.96. The van der Waals surface area contributed by atoms with Gasteiger partial charge in [0.15, 0.2) is 0 Å². The maximum absolute atomic E-state index is 10.9. The van der Waals surface area contributed by atoms with Gasteiger partial charge < -0.3 is 5.11 Å². The van der Waals surface area contributed by atoms with Crippen molar-refractivity contribution in [1.29, 1.82) is 0 Å². The predicted molar refractivity (Wildman–Crippen MR) is 40.9 cm³/mol. The molecule has 0 unspecified atom stereocenters. The average molecular weight is 168 g/mol. The number of aryl methyl sites for hydroxylation is 1. The molecule has 0 fully saturated rings. The fraction of sp³-hybridized carbons (Fsp3) is 0.286. The zero-order valence-electron chi connectivity index (χ0n) is 6.52. The third-order valence-corrected chi connectivity index (χ3v) is 1.28. The van der Waals surface area contributed by atoms with E-state index in [0.29, 0.717) is 5.69 Å². The van der Waals surface area contributed by atoms with Gasteiger partial charge in [-0.15, -0.1) is 0 Å². The molecule has 0 spiro atoms. The number of nitrogens with zero attached hydrogens (tertiary/aromatic N) is 2. The Kier molecular flexibility index (Phi) is 2.23. The Bertz CT molecular complexity index is 356. The van der Waals surface area contributed by atoms with Crippen LogP contribution in [0.25, 0.3) is 0 Å². The summed E-state index contributed by atoms with van der Waals surface area (Å²) in [6, 6.07) is 2.84. The van der Waals surface area contributed by atoms with E-state index in [4.69, 9.17) is 5.11 Å². The number of carboxylic acid groups (broad SMARTS) is 1. The smallest absolute Gasteiger partial charge is 0.325 e. The molecule has 0 aliphatic heterocycles. The van der Waals surface area contributed by atoms with Gasteiger partial charge in [0.2, 0.25) is 0 Å². The van der Waals surface area contributed by atoms with Gasteiger partial charge in [-0.2, -0.15) is 5.10 Å². The molecule has 1 aromatic heterocycles. The summed E-state index contributed by atoms with van der Waals surface area (Å²) in [6.45, 7) is 1.30. The zero-order valence-corrected chi connectivity index (χ0v) is 6.52. The summed E-state index contributed by atoms with van der Waals surface area (Å²) in [5.41, 5.74) is 0.221. The number of rotatable bonds is 2. The van der Waals surface area contributed by atoms with Crippen molar-refractivity contribution in [2.24, 2.45) is 0 Å². The first-order valence-corrected chi connectivity index (χ1v) is 3.36. The van der Waals surface area contributed by atoms with Crippen molar-refractivity contribution in [3.63, 3.8) is 0 Å². The maximum atomic E-state index is 10.9. The van der Waals surface area contributed by atoms with E-state index in [1.165, 1.54) is 6.07 Å². The van der Waals surface area contributed by atoms with Gasteiger partial charge in [-0.1, -0.05) is 0 Å². The molecule has 1 rings (SSSR count). The molecule has 64 valence electrons. The van der Waals surface area contributed by atoms with Crippen LogP contribution in [0, 0.1) is 6.92 Å². The Hall–Kier alpha value is -1.65. The molecule has 0 saturated carbocycles. The molecule has 12 heavy (non-hydrogen) atoms. The Morgan fingerprint density at radius 1 is 1.67 bits per heavy atom. The molecular weight excluding hydrogens is 160 g/mol.